The molecule has 2 aromatic carbocycles. The first-order chi connectivity index (χ1) is 13.3. The summed E-state index contributed by atoms with van der Waals surface area (Å²) in [5.41, 5.74) is -1.13. The lowest BCUT2D eigenvalue weighted by atomic mass is 10.1. The van der Waals surface area contributed by atoms with Crippen molar-refractivity contribution in [2.75, 3.05) is 11.2 Å². The van der Waals surface area contributed by atoms with Gasteiger partial charge in [0.1, 0.15) is 0 Å². The highest BCUT2D eigenvalue weighted by Crippen LogP contribution is 2.35. The first kappa shape index (κ1) is 20.0. The van der Waals surface area contributed by atoms with E-state index >= 15 is 0 Å². The second-order valence-electron chi connectivity index (χ2n) is 5.59. The molecule has 0 saturated heterocycles. The number of aromatic nitrogens is 3. The quantitative estimate of drug-likeness (QED) is 0.471. The third-order valence-electron chi connectivity index (χ3n) is 3.63. The van der Waals surface area contributed by atoms with Gasteiger partial charge in [0, 0.05) is 10.8 Å². The minimum atomic E-state index is -4.59. The summed E-state index contributed by atoms with van der Waals surface area (Å²) in [4.78, 5) is 12.4. The van der Waals surface area contributed by atoms with Gasteiger partial charge in [-0.05, 0) is 29.8 Å². The van der Waals surface area contributed by atoms with E-state index in [2.05, 4.69) is 15.5 Å². The molecule has 0 radical (unpaired) electrons. The molecule has 0 aliphatic heterocycles. The van der Waals surface area contributed by atoms with Crippen LogP contribution in [0.3, 0.4) is 0 Å². The lowest BCUT2D eigenvalue weighted by Crippen LogP contribution is -2.32. The number of thioether (sulfide) groups is 1. The molecule has 1 heterocycles. The van der Waals surface area contributed by atoms with Crippen LogP contribution >= 0.6 is 23.4 Å². The van der Waals surface area contributed by atoms with Crippen LogP contribution in [0.25, 0.3) is 0 Å². The number of rotatable bonds is 5. The van der Waals surface area contributed by atoms with Gasteiger partial charge in [0.15, 0.2) is 0 Å². The highest BCUT2D eigenvalue weighted by molar-refractivity contribution is 7.98. The van der Waals surface area contributed by atoms with Crippen LogP contribution in [0.5, 0.6) is 0 Å². The molecule has 0 fully saturated rings. The predicted molar refractivity (Wildman–Crippen MR) is 102 cm³/mol. The second kappa shape index (κ2) is 8.11. The summed E-state index contributed by atoms with van der Waals surface area (Å²) in [6.45, 7) is 0. The number of hydrogen-bond acceptors (Lipinski definition) is 6. The normalized spacial score (nSPS) is 11.4. The molecule has 0 bridgehead atoms. The van der Waals surface area contributed by atoms with Crippen molar-refractivity contribution >= 4 is 34.9 Å². The van der Waals surface area contributed by atoms with Gasteiger partial charge in [-0.15, -0.1) is 10.2 Å². The zero-order chi connectivity index (χ0) is 20.3. The van der Waals surface area contributed by atoms with E-state index in [9.17, 15) is 18.0 Å². The molecule has 3 aromatic rings. The van der Waals surface area contributed by atoms with Gasteiger partial charge in [-0.1, -0.05) is 47.6 Å². The number of nitrogens with zero attached hydrogens (tertiary/aromatic N) is 3. The van der Waals surface area contributed by atoms with E-state index in [0.29, 0.717) is 10.8 Å². The van der Waals surface area contributed by atoms with E-state index in [1.54, 1.807) is 12.1 Å². The van der Waals surface area contributed by atoms with Crippen molar-refractivity contribution in [1.82, 2.24) is 14.9 Å². The Bertz CT molecular complexity index is 1040. The molecule has 1 aromatic heterocycles. The zero-order valence-electron chi connectivity index (χ0n) is 14.1. The van der Waals surface area contributed by atoms with Gasteiger partial charge >= 0.3 is 11.7 Å². The number of anilines is 2. The van der Waals surface area contributed by atoms with Crippen LogP contribution < -0.4 is 16.7 Å². The third-order valence-corrected chi connectivity index (χ3v) is 4.90. The highest BCUT2D eigenvalue weighted by atomic mass is 35.5. The number of nitrogens with one attached hydrogen (secondary N) is 1. The average molecular weight is 428 g/mol. The van der Waals surface area contributed by atoms with Gasteiger partial charge < -0.3 is 11.2 Å². The average Bonchev–Trinajstić information content (AvgIpc) is 2.66. The van der Waals surface area contributed by atoms with Crippen molar-refractivity contribution in [3.05, 3.63) is 75.0 Å². The van der Waals surface area contributed by atoms with Gasteiger partial charge in [-0.2, -0.15) is 17.8 Å². The molecule has 0 spiro atoms. The Balaban J connectivity index is 1.81. The molecule has 0 saturated carbocycles. The Morgan fingerprint density at radius 1 is 1.11 bits per heavy atom. The molecular weight excluding hydrogens is 415 g/mol. The van der Waals surface area contributed by atoms with Crippen LogP contribution in [0.15, 0.2) is 58.5 Å². The summed E-state index contributed by atoms with van der Waals surface area (Å²) in [5, 5.41) is 10.6. The van der Waals surface area contributed by atoms with Crippen molar-refractivity contribution in [1.29, 1.82) is 0 Å². The lowest BCUT2D eigenvalue weighted by Gasteiger charge is -2.14. The van der Waals surface area contributed by atoms with Crippen LogP contribution in [0.2, 0.25) is 5.02 Å². The fourth-order valence-electron chi connectivity index (χ4n) is 2.26. The lowest BCUT2D eigenvalue weighted by molar-refractivity contribution is -0.136. The molecule has 0 amide bonds. The molecule has 0 atom stereocenters. The Kier molecular flexibility index (Phi) is 5.80. The summed E-state index contributed by atoms with van der Waals surface area (Å²) in [6.07, 6.45) is -4.59. The summed E-state index contributed by atoms with van der Waals surface area (Å²) in [6, 6.07) is 11.8. The van der Waals surface area contributed by atoms with Crippen molar-refractivity contribution in [2.24, 2.45) is 0 Å². The minimum Gasteiger partial charge on any atom is -0.334 e. The standard InChI is InChI=1S/C17H13ClF3N5OS/c18-11-7-5-10(6-8-11)9-28-16-25-24-14(15(27)26(16)22)23-13-4-2-1-3-12(13)17(19,20)21/h1-8H,9,22H2,(H,23,24). The first-order valence-corrected chi connectivity index (χ1v) is 9.17. The minimum absolute atomic E-state index is 0.120. The molecule has 6 nitrogen and oxygen atoms in total. The maximum atomic E-state index is 13.1. The summed E-state index contributed by atoms with van der Waals surface area (Å²) >= 11 is 6.98. The van der Waals surface area contributed by atoms with Crippen LogP contribution in [0.1, 0.15) is 11.1 Å². The Morgan fingerprint density at radius 3 is 2.46 bits per heavy atom. The van der Waals surface area contributed by atoms with E-state index in [-0.39, 0.29) is 10.8 Å². The fraction of sp³-hybridized carbons (Fsp3) is 0.118. The molecule has 3 N–H and O–H groups in total. The van der Waals surface area contributed by atoms with Crippen LogP contribution in [0, 0.1) is 0 Å². The molecular formula is C17H13ClF3N5OS. The second-order valence-corrected chi connectivity index (χ2v) is 6.97. The Morgan fingerprint density at radius 2 is 1.79 bits per heavy atom. The fourth-order valence-corrected chi connectivity index (χ4v) is 3.19. The first-order valence-electron chi connectivity index (χ1n) is 7.81. The van der Waals surface area contributed by atoms with Gasteiger partial charge in [0.05, 0.1) is 11.3 Å². The molecule has 146 valence electrons. The summed E-state index contributed by atoms with van der Waals surface area (Å²) in [5.74, 6) is 5.79. The number of para-hydroxylation sites is 1. The monoisotopic (exact) mass is 427 g/mol. The molecule has 0 aliphatic rings. The smallest absolute Gasteiger partial charge is 0.334 e. The van der Waals surface area contributed by atoms with Gasteiger partial charge in [0.25, 0.3) is 0 Å². The van der Waals surface area contributed by atoms with E-state index in [1.807, 2.05) is 12.1 Å². The number of hydrogen-bond donors (Lipinski definition) is 2. The number of halogens is 4. The topological polar surface area (TPSA) is 85.8 Å². The summed E-state index contributed by atoms with van der Waals surface area (Å²) < 4.78 is 40.0. The van der Waals surface area contributed by atoms with E-state index in [1.165, 1.54) is 18.2 Å². The van der Waals surface area contributed by atoms with Crippen molar-refractivity contribution in [3.8, 4) is 0 Å². The number of nitrogens with two attached hydrogens (primary N) is 1. The molecule has 28 heavy (non-hydrogen) atoms. The van der Waals surface area contributed by atoms with E-state index in [4.69, 9.17) is 17.4 Å². The molecule has 0 aliphatic carbocycles. The Hall–Kier alpha value is -2.72. The largest absolute Gasteiger partial charge is 0.418 e. The molecule has 3 rings (SSSR count). The maximum Gasteiger partial charge on any atom is 0.418 e. The van der Waals surface area contributed by atoms with E-state index < -0.39 is 23.1 Å². The van der Waals surface area contributed by atoms with Gasteiger partial charge in [-0.3, -0.25) is 4.79 Å². The summed E-state index contributed by atoms with van der Waals surface area (Å²) in [7, 11) is 0. The van der Waals surface area contributed by atoms with Crippen molar-refractivity contribution in [2.45, 2.75) is 17.1 Å². The molecule has 0 unspecified atom stereocenters. The predicted octanol–water partition coefficient (Wildman–Crippen LogP) is 4.06. The number of benzene rings is 2. The number of alkyl halides is 3. The van der Waals surface area contributed by atoms with Gasteiger partial charge in [0.2, 0.25) is 11.0 Å². The Labute approximate surface area is 166 Å². The number of nitrogen functional groups attached to an aromatic ring is 1. The van der Waals surface area contributed by atoms with Crippen LogP contribution in [-0.4, -0.2) is 14.9 Å². The van der Waals surface area contributed by atoms with E-state index in [0.717, 1.165) is 28.1 Å². The van der Waals surface area contributed by atoms with Gasteiger partial charge in [-0.25, -0.2) is 0 Å². The van der Waals surface area contributed by atoms with Crippen LogP contribution in [0.4, 0.5) is 24.7 Å². The third kappa shape index (κ3) is 4.57. The molecule has 11 heteroatoms. The van der Waals surface area contributed by atoms with Crippen molar-refractivity contribution in [3.63, 3.8) is 0 Å². The van der Waals surface area contributed by atoms with Crippen molar-refractivity contribution < 1.29 is 13.2 Å². The maximum absolute atomic E-state index is 13.1. The SMILES string of the molecule is Nn1c(SCc2ccc(Cl)cc2)nnc(Nc2ccccc2C(F)(F)F)c1=O. The highest BCUT2D eigenvalue weighted by Gasteiger charge is 2.33. The zero-order valence-corrected chi connectivity index (χ0v) is 15.6. The van der Waals surface area contributed by atoms with Crippen LogP contribution in [-0.2, 0) is 11.9 Å².